The largest absolute Gasteiger partial charge is 0.487 e. The van der Waals surface area contributed by atoms with E-state index >= 15 is 0 Å². The molecule has 27 heavy (non-hydrogen) atoms. The molecule has 0 fully saturated rings. The Kier molecular flexibility index (Phi) is 4.15. The smallest absolute Gasteiger partial charge is 0.274 e. The van der Waals surface area contributed by atoms with Gasteiger partial charge in [0.2, 0.25) is 0 Å². The first-order chi connectivity index (χ1) is 13.1. The maximum atomic E-state index is 13.5. The number of ether oxygens (including phenoxy) is 1. The van der Waals surface area contributed by atoms with Gasteiger partial charge < -0.3 is 4.74 Å². The molecule has 0 atom stereocenters. The van der Waals surface area contributed by atoms with Crippen molar-refractivity contribution >= 4 is 5.78 Å². The number of H-pyrrole nitrogens is 1. The number of aromatic nitrogens is 4. The van der Waals surface area contributed by atoms with Crippen LogP contribution in [0.3, 0.4) is 0 Å². The predicted molar refractivity (Wildman–Crippen MR) is 97.7 cm³/mol. The molecule has 0 aliphatic carbocycles. The number of hydrogen-bond donors (Lipinski definition) is 1. The Hall–Kier alpha value is -3.92. The van der Waals surface area contributed by atoms with Crippen LogP contribution < -0.4 is 10.3 Å². The quantitative estimate of drug-likeness (QED) is 0.568. The number of rotatable bonds is 4. The van der Waals surface area contributed by atoms with E-state index in [1.54, 1.807) is 0 Å². The molecular formula is C20H13FN4O2. The molecule has 4 aromatic rings. The van der Waals surface area contributed by atoms with Gasteiger partial charge in [0, 0.05) is 23.3 Å². The SMILES string of the molecule is C#Cc1cc(F)cc(OCc2cc(=O)n3[nH]c(-c4ccccc4)nc3n2)c1. The third-order valence-corrected chi connectivity index (χ3v) is 3.86. The Morgan fingerprint density at radius 2 is 1.96 bits per heavy atom. The fraction of sp³-hybridized carbons (Fsp3) is 0.0500. The molecule has 4 rings (SSSR count). The molecule has 2 aromatic heterocycles. The Balaban J connectivity index is 1.63. The number of fused-ring (bicyclic) bond motifs is 1. The lowest BCUT2D eigenvalue weighted by molar-refractivity contribution is 0.299. The molecule has 2 aromatic carbocycles. The summed E-state index contributed by atoms with van der Waals surface area (Å²) in [5, 5.41) is 2.92. The number of benzene rings is 2. The lowest BCUT2D eigenvalue weighted by Crippen LogP contribution is -2.16. The summed E-state index contributed by atoms with van der Waals surface area (Å²) < 4.78 is 20.3. The Labute approximate surface area is 153 Å². The average molecular weight is 360 g/mol. The minimum Gasteiger partial charge on any atom is -0.487 e. The zero-order valence-electron chi connectivity index (χ0n) is 14.0. The van der Waals surface area contributed by atoms with Crippen molar-refractivity contribution in [2.24, 2.45) is 0 Å². The van der Waals surface area contributed by atoms with E-state index in [1.807, 2.05) is 30.3 Å². The van der Waals surface area contributed by atoms with Crippen molar-refractivity contribution in [3.63, 3.8) is 0 Å². The molecular weight excluding hydrogens is 347 g/mol. The molecule has 0 saturated heterocycles. The van der Waals surface area contributed by atoms with Crippen LogP contribution in [0.25, 0.3) is 17.2 Å². The molecule has 0 spiro atoms. The molecule has 2 heterocycles. The van der Waals surface area contributed by atoms with E-state index in [-0.39, 0.29) is 23.7 Å². The molecule has 0 aliphatic rings. The number of nitrogens with zero attached hydrogens (tertiary/aromatic N) is 3. The third-order valence-electron chi connectivity index (χ3n) is 3.86. The minimum absolute atomic E-state index is 0.0211. The van der Waals surface area contributed by atoms with Crippen LogP contribution in [0, 0.1) is 18.2 Å². The van der Waals surface area contributed by atoms with Crippen molar-refractivity contribution in [1.82, 2.24) is 19.6 Å². The first-order valence-electron chi connectivity index (χ1n) is 8.06. The lowest BCUT2D eigenvalue weighted by Gasteiger charge is -2.06. The van der Waals surface area contributed by atoms with Crippen LogP contribution in [0.15, 0.2) is 59.4 Å². The van der Waals surface area contributed by atoms with Gasteiger partial charge in [-0.05, 0) is 12.1 Å². The highest BCUT2D eigenvalue weighted by Gasteiger charge is 2.10. The Morgan fingerprint density at radius 1 is 1.15 bits per heavy atom. The lowest BCUT2D eigenvalue weighted by atomic mass is 10.2. The Morgan fingerprint density at radius 3 is 2.74 bits per heavy atom. The highest BCUT2D eigenvalue weighted by molar-refractivity contribution is 5.56. The molecule has 0 amide bonds. The van der Waals surface area contributed by atoms with E-state index in [0.29, 0.717) is 17.1 Å². The third kappa shape index (κ3) is 3.41. The first-order valence-corrected chi connectivity index (χ1v) is 8.06. The zero-order valence-corrected chi connectivity index (χ0v) is 14.0. The second-order valence-corrected chi connectivity index (χ2v) is 5.77. The number of aromatic amines is 1. The van der Waals surface area contributed by atoms with E-state index in [1.165, 1.54) is 28.8 Å². The molecule has 0 aliphatic heterocycles. The van der Waals surface area contributed by atoms with Gasteiger partial charge in [0.15, 0.2) is 5.82 Å². The van der Waals surface area contributed by atoms with Gasteiger partial charge in [-0.25, -0.2) is 9.37 Å². The van der Waals surface area contributed by atoms with Crippen LogP contribution >= 0.6 is 0 Å². The summed E-state index contributed by atoms with van der Waals surface area (Å²) in [6.07, 6.45) is 5.29. The highest BCUT2D eigenvalue weighted by Crippen LogP contribution is 2.17. The van der Waals surface area contributed by atoms with Gasteiger partial charge in [-0.1, -0.05) is 36.3 Å². The van der Waals surface area contributed by atoms with Crippen LogP contribution in [-0.4, -0.2) is 19.6 Å². The molecule has 0 bridgehead atoms. The van der Waals surface area contributed by atoms with Crippen molar-refractivity contribution in [1.29, 1.82) is 0 Å². The van der Waals surface area contributed by atoms with Crippen molar-refractivity contribution in [3.05, 3.63) is 82.0 Å². The molecule has 7 heteroatoms. The maximum Gasteiger partial charge on any atom is 0.274 e. The number of halogens is 1. The van der Waals surface area contributed by atoms with Gasteiger partial charge in [0.1, 0.15) is 18.2 Å². The van der Waals surface area contributed by atoms with E-state index in [9.17, 15) is 9.18 Å². The molecule has 0 saturated carbocycles. The van der Waals surface area contributed by atoms with Crippen molar-refractivity contribution in [2.75, 3.05) is 0 Å². The van der Waals surface area contributed by atoms with Crippen molar-refractivity contribution in [2.45, 2.75) is 6.61 Å². The monoisotopic (exact) mass is 360 g/mol. The maximum absolute atomic E-state index is 13.5. The normalized spacial score (nSPS) is 10.7. The van der Waals surface area contributed by atoms with Gasteiger partial charge in [0.05, 0.1) is 5.69 Å². The number of terminal acetylenes is 1. The van der Waals surface area contributed by atoms with Crippen molar-refractivity contribution in [3.8, 4) is 29.5 Å². The standard InChI is InChI=1S/C20H13FN4O2/c1-2-13-8-15(21)10-17(9-13)27-12-16-11-18(26)25-20(22-16)23-19(24-25)14-6-4-3-5-7-14/h1,3-11H,12H2,(H,22,23,24). The summed E-state index contributed by atoms with van der Waals surface area (Å²) >= 11 is 0. The summed E-state index contributed by atoms with van der Waals surface area (Å²) in [4.78, 5) is 21.0. The highest BCUT2D eigenvalue weighted by atomic mass is 19.1. The Bertz CT molecular complexity index is 1220. The second kappa shape index (κ2) is 6.77. The number of nitrogens with one attached hydrogen (secondary N) is 1. The summed E-state index contributed by atoms with van der Waals surface area (Å²) in [5.41, 5.74) is 1.25. The summed E-state index contributed by atoms with van der Waals surface area (Å²) in [7, 11) is 0. The predicted octanol–water partition coefficient (Wildman–Crippen LogP) is 2.78. The molecule has 132 valence electrons. The van der Waals surface area contributed by atoms with E-state index in [0.717, 1.165) is 5.56 Å². The van der Waals surface area contributed by atoms with Crippen LogP contribution in [0.5, 0.6) is 5.75 Å². The fourth-order valence-corrected chi connectivity index (χ4v) is 2.61. The topological polar surface area (TPSA) is 72.3 Å². The van der Waals surface area contributed by atoms with Gasteiger partial charge in [-0.2, -0.15) is 9.50 Å². The van der Waals surface area contributed by atoms with Crippen molar-refractivity contribution < 1.29 is 9.13 Å². The van der Waals surface area contributed by atoms with Gasteiger partial charge >= 0.3 is 0 Å². The van der Waals surface area contributed by atoms with Crippen LogP contribution in [0.4, 0.5) is 4.39 Å². The minimum atomic E-state index is -0.497. The van der Waals surface area contributed by atoms with Gasteiger partial charge in [-0.15, -0.1) is 6.42 Å². The van der Waals surface area contributed by atoms with Crippen LogP contribution in [0.2, 0.25) is 0 Å². The van der Waals surface area contributed by atoms with Gasteiger partial charge in [-0.3, -0.25) is 9.89 Å². The van der Waals surface area contributed by atoms with E-state index in [2.05, 4.69) is 21.0 Å². The average Bonchev–Trinajstić information content (AvgIpc) is 3.11. The fourth-order valence-electron chi connectivity index (χ4n) is 2.61. The van der Waals surface area contributed by atoms with Crippen LogP contribution in [-0.2, 0) is 6.61 Å². The molecule has 1 N–H and O–H groups in total. The summed E-state index contributed by atoms with van der Waals surface area (Å²) in [5.74, 6) is 2.87. The summed E-state index contributed by atoms with van der Waals surface area (Å²) in [6, 6.07) is 14.7. The number of hydrogen-bond acceptors (Lipinski definition) is 4. The zero-order chi connectivity index (χ0) is 18.8. The second-order valence-electron chi connectivity index (χ2n) is 5.77. The first kappa shape index (κ1) is 16.5. The summed E-state index contributed by atoms with van der Waals surface area (Å²) in [6.45, 7) is -0.0211. The van der Waals surface area contributed by atoms with E-state index < -0.39 is 5.82 Å². The van der Waals surface area contributed by atoms with Gasteiger partial charge in [0.25, 0.3) is 11.3 Å². The van der Waals surface area contributed by atoms with Crippen LogP contribution in [0.1, 0.15) is 11.3 Å². The molecule has 0 radical (unpaired) electrons. The van der Waals surface area contributed by atoms with E-state index in [4.69, 9.17) is 11.2 Å². The molecule has 0 unspecified atom stereocenters. The molecule has 6 nitrogen and oxygen atoms in total.